The Morgan fingerprint density at radius 1 is 1.29 bits per heavy atom. The lowest BCUT2D eigenvalue weighted by molar-refractivity contribution is -0.150. The van der Waals surface area contributed by atoms with Crippen molar-refractivity contribution in [2.45, 2.75) is 59.3 Å². The van der Waals surface area contributed by atoms with Gasteiger partial charge in [-0.3, -0.25) is 4.79 Å². The minimum absolute atomic E-state index is 0. The van der Waals surface area contributed by atoms with Crippen molar-refractivity contribution in [3.05, 3.63) is 0 Å². The molecular formula is C17H33ClN2O. The topological polar surface area (TPSA) is 32.3 Å². The fraction of sp³-hybridized carbons (Fsp3) is 0.941. The Kier molecular flexibility index (Phi) is 7.49. The van der Waals surface area contributed by atoms with E-state index in [9.17, 15) is 4.79 Å². The van der Waals surface area contributed by atoms with Crippen LogP contribution in [0.4, 0.5) is 0 Å². The summed E-state index contributed by atoms with van der Waals surface area (Å²) < 4.78 is 0. The summed E-state index contributed by atoms with van der Waals surface area (Å²) in [7, 11) is 0. The molecule has 0 aromatic rings. The highest BCUT2D eigenvalue weighted by Gasteiger charge is 2.46. The molecule has 0 spiro atoms. The molecular weight excluding hydrogens is 284 g/mol. The zero-order valence-electron chi connectivity index (χ0n) is 14.0. The van der Waals surface area contributed by atoms with E-state index in [0.717, 1.165) is 51.4 Å². The molecule has 2 aliphatic rings. The van der Waals surface area contributed by atoms with Crippen molar-refractivity contribution in [3.8, 4) is 0 Å². The fourth-order valence-corrected chi connectivity index (χ4v) is 3.91. The van der Waals surface area contributed by atoms with Crippen molar-refractivity contribution in [1.82, 2.24) is 10.2 Å². The van der Waals surface area contributed by atoms with Crippen LogP contribution in [-0.2, 0) is 4.79 Å². The molecule has 0 bridgehead atoms. The third-order valence-electron chi connectivity index (χ3n) is 5.15. The van der Waals surface area contributed by atoms with E-state index < -0.39 is 0 Å². The minimum Gasteiger partial charge on any atom is -0.342 e. The summed E-state index contributed by atoms with van der Waals surface area (Å²) in [5.74, 6) is 1.87. The van der Waals surface area contributed by atoms with Crippen LogP contribution in [0.1, 0.15) is 59.3 Å². The Bertz CT molecular complexity index is 321. The number of carbonyl (C=O) groups is 1. The summed E-state index contributed by atoms with van der Waals surface area (Å²) in [4.78, 5) is 15.0. The van der Waals surface area contributed by atoms with Crippen LogP contribution in [0.25, 0.3) is 0 Å². The van der Waals surface area contributed by atoms with E-state index in [4.69, 9.17) is 0 Å². The van der Waals surface area contributed by atoms with Crippen molar-refractivity contribution in [1.29, 1.82) is 0 Å². The molecule has 1 N–H and O–H groups in total. The lowest BCUT2D eigenvalue weighted by Gasteiger charge is -2.46. The molecule has 1 saturated heterocycles. The second kappa shape index (κ2) is 8.38. The largest absolute Gasteiger partial charge is 0.342 e. The van der Waals surface area contributed by atoms with Crippen molar-refractivity contribution in [2.24, 2.45) is 17.3 Å². The number of carbonyl (C=O) groups excluding carboxylic acids is 1. The molecule has 1 aliphatic heterocycles. The first-order valence-electron chi connectivity index (χ1n) is 8.57. The van der Waals surface area contributed by atoms with Gasteiger partial charge in [-0.2, -0.15) is 0 Å². The third-order valence-corrected chi connectivity index (χ3v) is 5.15. The van der Waals surface area contributed by atoms with E-state index in [0.29, 0.717) is 11.8 Å². The first kappa shape index (κ1) is 18.8. The van der Waals surface area contributed by atoms with Gasteiger partial charge in [0, 0.05) is 18.5 Å². The zero-order valence-corrected chi connectivity index (χ0v) is 14.8. The molecule has 0 atom stereocenters. The highest BCUT2D eigenvalue weighted by atomic mass is 35.5. The smallest absolute Gasteiger partial charge is 0.228 e. The van der Waals surface area contributed by atoms with Gasteiger partial charge >= 0.3 is 0 Å². The van der Waals surface area contributed by atoms with Crippen LogP contribution in [-0.4, -0.2) is 37.0 Å². The van der Waals surface area contributed by atoms with E-state index in [1.165, 1.54) is 19.3 Å². The van der Waals surface area contributed by atoms with Crippen LogP contribution < -0.4 is 5.32 Å². The SMILES string of the molecule is CCNCC1CCN(C(=O)C2(CC(C)C)CCC2)CC1.Cl. The highest BCUT2D eigenvalue weighted by Crippen LogP contribution is 2.47. The lowest BCUT2D eigenvalue weighted by Crippen LogP contribution is -2.51. The predicted octanol–water partition coefficient (Wildman–Crippen LogP) is 3.47. The van der Waals surface area contributed by atoms with Crippen molar-refractivity contribution < 1.29 is 4.79 Å². The van der Waals surface area contributed by atoms with E-state index in [-0.39, 0.29) is 17.8 Å². The standard InChI is InChI=1S/C17H32N2O.ClH/c1-4-18-13-15-6-10-19(11-7-15)16(20)17(8-5-9-17)12-14(2)3;/h14-15,18H,4-13H2,1-3H3;1H. The van der Waals surface area contributed by atoms with E-state index >= 15 is 0 Å². The van der Waals surface area contributed by atoms with Gasteiger partial charge in [-0.1, -0.05) is 27.2 Å². The van der Waals surface area contributed by atoms with Gasteiger partial charge in [0.05, 0.1) is 0 Å². The second-order valence-electron chi connectivity index (χ2n) is 7.28. The summed E-state index contributed by atoms with van der Waals surface area (Å²) in [6.45, 7) is 10.8. The van der Waals surface area contributed by atoms with Gasteiger partial charge < -0.3 is 10.2 Å². The lowest BCUT2D eigenvalue weighted by atomic mass is 9.63. The first-order chi connectivity index (χ1) is 9.57. The van der Waals surface area contributed by atoms with Crippen LogP contribution in [0.3, 0.4) is 0 Å². The second-order valence-corrected chi connectivity index (χ2v) is 7.28. The summed E-state index contributed by atoms with van der Waals surface area (Å²) in [6, 6.07) is 0. The highest BCUT2D eigenvalue weighted by molar-refractivity contribution is 5.85. The van der Waals surface area contributed by atoms with Crippen molar-refractivity contribution >= 4 is 18.3 Å². The Balaban J connectivity index is 0.00000220. The Morgan fingerprint density at radius 3 is 2.33 bits per heavy atom. The van der Waals surface area contributed by atoms with Crippen LogP contribution in [0.5, 0.6) is 0 Å². The molecule has 2 rings (SSSR count). The van der Waals surface area contributed by atoms with Gasteiger partial charge in [-0.05, 0) is 57.0 Å². The molecule has 1 heterocycles. The number of amides is 1. The summed E-state index contributed by atoms with van der Waals surface area (Å²) in [5.41, 5.74) is 0.0165. The number of nitrogens with zero attached hydrogens (tertiary/aromatic N) is 1. The monoisotopic (exact) mass is 316 g/mol. The molecule has 0 radical (unpaired) electrons. The van der Waals surface area contributed by atoms with Crippen molar-refractivity contribution in [2.75, 3.05) is 26.2 Å². The van der Waals surface area contributed by atoms with Gasteiger partial charge in [-0.25, -0.2) is 0 Å². The van der Waals surface area contributed by atoms with Crippen molar-refractivity contribution in [3.63, 3.8) is 0 Å². The van der Waals surface area contributed by atoms with Crippen LogP contribution >= 0.6 is 12.4 Å². The average Bonchev–Trinajstić information content (AvgIpc) is 2.40. The molecule has 1 aliphatic carbocycles. The van der Waals surface area contributed by atoms with Gasteiger partial charge in [-0.15, -0.1) is 12.4 Å². The molecule has 3 nitrogen and oxygen atoms in total. The quantitative estimate of drug-likeness (QED) is 0.813. The van der Waals surface area contributed by atoms with Crippen LogP contribution in [0.2, 0.25) is 0 Å². The van der Waals surface area contributed by atoms with Crippen LogP contribution in [0, 0.1) is 17.3 Å². The summed E-state index contributed by atoms with van der Waals surface area (Å²) in [6.07, 6.45) is 6.94. The number of piperidine rings is 1. The Labute approximate surface area is 136 Å². The average molecular weight is 317 g/mol. The minimum atomic E-state index is 0. The number of hydrogen-bond acceptors (Lipinski definition) is 2. The molecule has 0 unspecified atom stereocenters. The van der Waals surface area contributed by atoms with E-state index in [1.807, 2.05) is 0 Å². The van der Waals surface area contributed by atoms with Crippen LogP contribution in [0.15, 0.2) is 0 Å². The molecule has 1 amide bonds. The Morgan fingerprint density at radius 2 is 1.90 bits per heavy atom. The normalized spacial score (nSPS) is 21.8. The van der Waals surface area contributed by atoms with E-state index in [2.05, 4.69) is 31.0 Å². The third kappa shape index (κ3) is 4.59. The molecule has 0 aromatic carbocycles. The number of likely N-dealkylation sites (tertiary alicyclic amines) is 1. The molecule has 1 saturated carbocycles. The molecule has 2 fully saturated rings. The van der Waals surface area contributed by atoms with Gasteiger partial charge in [0.25, 0.3) is 0 Å². The van der Waals surface area contributed by atoms with Gasteiger partial charge in [0.2, 0.25) is 5.91 Å². The predicted molar refractivity (Wildman–Crippen MR) is 90.8 cm³/mol. The zero-order chi connectivity index (χ0) is 14.6. The number of nitrogens with one attached hydrogen (secondary N) is 1. The first-order valence-corrected chi connectivity index (χ1v) is 8.57. The number of halogens is 1. The fourth-order valence-electron chi connectivity index (χ4n) is 3.91. The molecule has 4 heteroatoms. The maximum atomic E-state index is 12.9. The molecule has 124 valence electrons. The van der Waals surface area contributed by atoms with Gasteiger partial charge in [0.1, 0.15) is 0 Å². The Hall–Kier alpha value is -0.280. The number of rotatable bonds is 6. The summed E-state index contributed by atoms with van der Waals surface area (Å²) in [5, 5.41) is 3.44. The summed E-state index contributed by atoms with van der Waals surface area (Å²) >= 11 is 0. The maximum Gasteiger partial charge on any atom is 0.228 e. The number of hydrogen-bond donors (Lipinski definition) is 1. The van der Waals surface area contributed by atoms with E-state index in [1.54, 1.807) is 0 Å². The maximum absolute atomic E-state index is 12.9. The molecule has 0 aromatic heterocycles. The molecule has 21 heavy (non-hydrogen) atoms. The van der Waals surface area contributed by atoms with Gasteiger partial charge in [0.15, 0.2) is 0 Å².